The molecule has 4 aliphatic rings. The maximum atomic E-state index is 13.3. The summed E-state index contributed by atoms with van der Waals surface area (Å²) >= 11 is 0. The smallest absolute Gasteiger partial charge is 0.306 e. The molecule has 11 heteroatoms. The fourth-order valence-electron chi connectivity index (χ4n) is 6.12. The summed E-state index contributed by atoms with van der Waals surface area (Å²) in [6.07, 6.45) is -2.60. The molecule has 2 N–H and O–H groups in total. The number of hydrogen-bond donors (Lipinski definition) is 2. The number of methoxy groups -OCH3 is 2. The van der Waals surface area contributed by atoms with E-state index >= 15 is 0 Å². The van der Waals surface area contributed by atoms with Crippen LogP contribution in [0.25, 0.3) is 0 Å². The average molecular weight is 542 g/mol. The quantitative estimate of drug-likeness (QED) is 0.363. The Labute approximate surface area is 224 Å². The fourth-order valence-corrected chi connectivity index (χ4v) is 6.12. The number of ether oxygens (including phenoxy) is 7. The summed E-state index contributed by atoms with van der Waals surface area (Å²) in [7, 11) is 3.01. The fraction of sp³-hybridized carbons (Fsp3) is 0.852. The first-order valence-corrected chi connectivity index (χ1v) is 13.4. The summed E-state index contributed by atoms with van der Waals surface area (Å²) in [5.41, 5.74) is 0.334. The molecule has 38 heavy (non-hydrogen) atoms. The van der Waals surface area contributed by atoms with Crippen LogP contribution in [0.3, 0.4) is 0 Å². The molecule has 4 fully saturated rings. The van der Waals surface area contributed by atoms with E-state index in [0.29, 0.717) is 12.8 Å². The van der Waals surface area contributed by atoms with Crippen LogP contribution in [0.15, 0.2) is 12.2 Å². The number of hydrogen-bond acceptors (Lipinski definition) is 10. The van der Waals surface area contributed by atoms with Gasteiger partial charge in [-0.1, -0.05) is 32.9 Å². The van der Waals surface area contributed by atoms with Crippen molar-refractivity contribution in [2.45, 2.75) is 115 Å². The first kappa shape index (κ1) is 29.4. The second-order valence-corrected chi connectivity index (χ2v) is 11.5. The van der Waals surface area contributed by atoms with Gasteiger partial charge in [-0.2, -0.15) is 0 Å². The highest BCUT2D eigenvalue weighted by atomic mass is 16.7. The van der Waals surface area contributed by atoms with E-state index in [1.165, 1.54) is 7.11 Å². The number of carbonyl (C=O) groups excluding carboxylic acids is 2. The van der Waals surface area contributed by atoms with Crippen molar-refractivity contribution in [3.63, 3.8) is 0 Å². The Morgan fingerprint density at radius 3 is 2.61 bits per heavy atom. The third-order valence-electron chi connectivity index (χ3n) is 8.75. The average Bonchev–Trinajstić information content (AvgIpc) is 2.87. The third kappa shape index (κ3) is 5.52. The van der Waals surface area contributed by atoms with Crippen LogP contribution in [0.2, 0.25) is 0 Å². The summed E-state index contributed by atoms with van der Waals surface area (Å²) in [5, 5.41) is 13.9. The van der Waals surface area contributed by atoms with Crippen molar-refractivity contribution >= 4 is 11.9 Å². The minimum atomic E-state index is -1.65. The molecule has 4 heterocycles. The van der Waals surface area contributed by atoms with Gasteiger partial charge < -0.3 is 43.6 Å². The highest BCUT2D eigenvalue weighted by Gasteiger charge is 2.57. The maximum Gasteiger partial charge on any atom is 0.306 e. The van der Waals surface area contributed by atoms with Crippen LogP contribution in [-0.4, -0.2) is 92.7 Å². The molecule has 0 radical (unpaired) electrons. The van der Waals surface area contributed by atoms with E-state index < -0.39 is 47.8 Å². The predicted molar refractivity (Wildman–Crippen MR) is 134 cm³/mol. The lowest BCUT2D eigenvalue weighted by atomic mass is 9.72. The lowest BCUT2D eigenvalue weighted by Crippen LogP contribution is -2.69. The van der Waals surface area contributed by atoms with E-state index in [1.807, 2.05) is 27.7 Å². The van der Waals surface area contributed by atoms with Gasteiger partial charge in [-0.3, -0.25) is 9.59 Å². The van der Waals surface area contributed by atoms with E-state index in [1.54, 1.807) is 7.11 Å². The van der Waals surface area contributed by atoms with E-state index in [2.05, 4.69) is 11.9 Å². The second-order valence-electron chi connectivity index (χ2n) is 11.5. The standard InChI is InChI=1S/C27H43NO10/c1-14-12-27(33-7,38-16(3)15(14)2)22(30)24(31)28-25-21-20(34-13-35-25)23(32-6)26(4,5)18(37-21)11-17-9-8-10-19(29)36-17/h15-18,20-23,25,30H,1,8-13H2,2-7H3,(H,28,31)/t15-,16-,17?,18-,20?,21?,22-,23-,25?,27-/m1/s1. The number of esters is 1. The largest absolute Gasteiger partial charge is 0.462 e. The number of cyclic esters (lactones) is 1. The van der Waals surface area contributed by atoms with Gasteiger partial charge in [0.2, 0.25) is 5.79 Å². The first-order valence-electron chi connectivity index (χ1n) is 13.4. The number of nitrogens with one attached hydrogen (secondary N) is 1. The topological polar surface area (TPSA) is 131 Å². The molecule has 0 saturated carbocycles. The maximum absolute atomic E-state index is 13.3. The first-order chi connectivity index (χ1) is 17.9. The summed E-state index contributed by atoms with van der Waals surface area (Å²) in [5.74, 6) is -2.45. The van der Waals surface area contributed by atoms with Crippen LogP contribution in [0.1, 0.15) is 59.8 Å². The molecule has 0 aromatic rings. The van der Waals surface area contributed by atoms with Gasteiger partial charge in [0, 0.05) is 44.8 Å². The zero-order valence-electron chi connectivity index (χ0n) is 23.3. The van der Waals surface area contributed by atoms with Crippen molar-refractivity contribution in [1.29, 1.82) is 0 Å². The van der Waals surface area contributed by atoms with E-state index in [9.17, 15) is 14.7 Å². The monoisotopic (exact) mass is 541 g/mol. The molecule has 10 atom stereocenters. The zero-order valence-corrected chi connectivity index (χ0v) is 23.3. The van der Waals surface area contributed by atoms with Crippen molar-refractivity contribution < 1.29 is 47.9 Å². The van der Waals surface area contributed by atoms with Gasteiger partial charge in [-0.15, -0.1) is 0 Å². The van der Waals surface area contributed by atoms with Crippen molar-refractivity contribution in [3.8, 4) is 0 Å². The van der Waals surface area contributed by atoms with Gasteiger partial charge in [0.1, 0.15) is 25.1 Å². The highest BCUT2D eigenvalue weighted by molar-refractivity contribution is 5.82. The molecule has 4 rings (SSSR count). The molecule has 4 aliphatic heterocycles. The van der Waals surface area contributed by atoms with Crippen LogP contribution in [0, 0.1) is 11.3 Å². The minimum Gasteiger partial charge on any atom is -0.462 e. The van der Waals surface area contributed by atoms with Gasteiger partial charge in [0.15, 0.2) is 12.3 Å². The Morgan fingerprint density at radius 1 is 1.24 bits per heavy atom. The van der Waals surface area contributed by atoms with Crippen LogP contribution >= 0.6 is 0 Å². The molecule has 11 nitrogen and oxygen atoms in total. The molecule has 4 saturated heterocycles. The molecule has 1 amide bonds. The molecular formula is C27H43NO10. The second kappa shape index (κ2) is 11.5. The highest BCUT2D eigenvalue weighted by Crippen LogP contribution is 2.44. The number of rotatable bonds is 7. The summed E-state index contributed by atoms with van der Waals surface area (Å²) < 4.78 is 41.2. The molecule has 0 spiro atoms. The van der Waals surface area contributed by atoms with Gasteiger partial charge in [-0.25, -0.2) is 0 Å². The molecule has 0 aliphatic carbocycles. The van der Waals surface area contributed by atoms with Crippen molar-refractivity contribution in [2.75, 3.05) is 21.0 Å². The van der Waals surface area contributed by atoms with Crippen molar-refractivity contribution in [1.82, 2.24) is 5.32 Å². The molecule has 216 valence electrons. The Balaban J connectivity index is 1.51. The number of aliphatic hydroxyl groups is 1. The lowest BCUT2D eigenvalue weighted by Gasteiger charge is -2.54. The van der Waals surface area contributed by atoms with Crippen LogP contribution in [-0.2, 0) is 42.7 Å². The number of carbonyl (C=O) groups is 2. The summed E-state index contributed by atoms with van der Waals surface area (Å²) in [4.78, 5) is 25.2. The van der Waals surface area contributed by atoms with E-state index in [-0.39, 0.29) is 43.4 Å². The molecule has 4 unspecified atom stereocenters. The summed E-state index contributed by atoms with van der Waals surface area (Å²) in [6, 6.07) is 0. The number of amides is 1. The van der Waals surface area contributed by atoms with Crippen LogP contribution in [0.5, 0.6) is 0 Å². The van der Waals surface area contributed by atoms with Crippen molar-refractivity contribution in [2.24, 2.45) is 11.3 Å². The Kier molecular flexibility index (Phi) is 8.88. The molecule has 0 aromatic heterocycles. The SMILES string of the molecule is C=C1C[C@](OC)([C@H](O)C(=O)NC2OCOC3C2O[C@H](CC2CCCC(=O)O2)C(C)(C)[C@@H]3OC)O[C@H](C)[C@@H]1C. The van der Waals surface area contributed by atoms with Crippen LogP contribution < -0.4 is 5.32 Å². The predicted octanol–water partition coefficient (Wildman–Crippen LogP) is 1.80. The Hall–Kier alpha value is -1.60. The number of aliphatic hydroxyl groups excluding tert-OH is 1. The van der Waals surface area contributed by atoms with E-state index in [0.717, 1.165) is 18.4 Å². The zero-order chi connectivity index (χ0) is 27.8. The third-order valence-corrected chi connectivity index (χ3v) is 8.75. The van der Waals surface area contributed by atoms with E-state index in [4.69, 9.17) is 33.2 Å². The summed E-state index contributed by atoms with van der Waals surface area (Å²) in [6.45, 7) is 11.9. The normalized spacial score (nSPS) is 42.1. The molecule has 0 aromatic carbocycles. The lowest BCUT2D eigenvalue weighted by molar-refractivity contribution is -0.333. The van der Waals surface area contributed by atoms with Gasteiger partial charge >= 0.3 is 5.97 Å². The van der Waals surface area contributed by atoms with Crippen molar-refractivity contribution in [3.05, 3.63) is 12.2 Å². The van der Waals surface area contributed by atoms with Crippen LogP contribution in [0.4, 0.5) is 0 Å². The van der Waals surface area contributed by atoms with Gasteiger partial charge in [0.05, 0.1) is 18.3 Å². The molecule has 0 bridgehead atoms. The number of fused-ring (bicyclic) bond motifs is 1. The Bertz CT molecular complexity index is 895. The van der Waals surface area contributed by atoms with Gasteiger partial charge in [-0.05, 0) is 19.8 Å². The minimum absolute atomic E-state index is 0.0541. The molecular weight excluding hydrogens is 498 g/mol. The van der Waals surface area contributed by atoms with Gasteiger partial charge in [0.25, 0.3) is 5.91 Å². The Morgan fingerprint density at radius 2 is 1.97 bits per heavy atom.